The van der Waals surface area contributed by atoms with Gasteiger partial charge in [0.05, 0.1) is 25.9 Å². The van der Waals surface area contributed by atoms with Crippen LogP contribution < -0.4 is 15.4 Å². The van der Waals surface area contributed by atoms with Crippen LogP contribution in [-0.4, -0.2) is 54.1 Å². The van der Waals surface area contributed by atoms with Crippen molar-refractivity contribution in [2.24, 2.45) is 0 Å². The zero-order valence-corrected chi connectivity index (χ0v) is 18.4. The molecule has 0 bridgehead atoms. The van der Waals surface area contributed by atoms with Gasteiger partial charge in [0.15, 0.2) is 0 Å². The van der Waals surface area contributed by atoms with Crippen molar-refractivity contribution in [3.63, 3.8) is 0 Å². The van der Waals surface area contributed by atoms with Gasteiger partial charge in [0, 0.05) is 18.8 Å². The van der Waals surface area contributed by atoms with Crippen molar-refractivity contribution >= 4 is 23.9 Å². The molecule has 33 heavy (non-hydrogen) atoms. The van der Waals surface area contributed by atoms with Crippen LogP contribution in [-0.2, 0) is 15.7 Å². The number of rotatable bonds is 7. The largest absolute Gasteiger partial charge is 0.495 e. The lowest BCUT2D eigenvalue weighted by Crippen LogP contribution is -2.37. The van der Waals surface area contributed by atoms with Crippen LogP contribution in [0.4, 0.5) is 30.6 Å². The molecule has 2 fully saturated rings. The molecule has 2 aromatic rings. The Hall–Kier alpha value is -3.08. The molecule has 2 N–H and O–H groups in total. The molecular weight excluding hydrogens is 439 g/mol. The highest BCUT2D eigenvalue weighted by Crippen LogP contribution is 2.38. The molecule has 8 nitrogen and oxygen atoms in total. The number of hydrogen-bond acceptors (Lipinski definition) is 7. The number of hydrogen-bond donors (Lipinski definition) is 2. The fraction of sp³-hybridized carbons (Fsp3) is 0.500. The third kappa shape index (κ3) is 5.13. The summed E-state index contributed by atoms with van der Waals surface area (Å²) < 4.78 is 51.6. The molecule has 0 spiro atoms. The summed E-state index contributed by atoms with van der Waals surface area (Å²) in [5.74, 6) is 0.248. The number of ether oxygens (including phenoxy) is 2. The Morgan fingerprint density at radius 3 is 2.73 bits per heavy atom. The van der Waals surface area contributed by atoms with E-state index < -0.39 is 11.7 Å². The molecule has 178 valence electrons. The Morgan fingerprint density at radius 1 is 1.30 bits per heavy atom. The van der Waals surface area contributed by atoms with E-state index in [1.54, 1.807) is 17.0 Å². The minimum atomic E-state index is -4.56. The predicted molar refractivity (Wildman–Crippen MR) is 116 cm³/mol. The molecule has 1 saturated carbocycles. The summed E-state index contributed by atoms with van der Waals surface area (Å²) in [6.07, 6.45) is -0.675. The van der Waals surface area contributed by atoms with Gasteiger partial charge in [-0.2, -0.15) is 18.2 Å². The highest BCUT2D eigenvalue weighted by atomic mass is 19.4. The first-order chi connectivity index (χ1) is 15.8. The van der Waals surface area contributed by atoms with Crippen molar-refractivity contribution in [3.8, 4) is 5.75 Å². The Morgan fingerprint density at radius 2 is 2.09 bits per heavy atom. The van der Waals surface area contributed by atoms with Gasteiger partial charge in [0.1, 0.15) is 23.2 Å². The van der Waals surface area contributed by atoms with E-state index in [9.17, 15) is 18.0 Å². The zero-order chi connectivity index (χ0) is 23.6. The smallest absolute Gasteiger partial charge is 0.421 e. The summed E-state index contributed by atoms with van der Waals surface area (Å²) in [5, 5.41) is 5.87. The van der Waals surface area contributed by atoms with Crippen LogP contribution in [0.25, 0.3) is 0 Å². The number of aryl methyl sites for hydroxylation is 1. The zero-order valence-electron chi connectivity index (χ0n) is 18.4. The normalized spacial score (nSPS) is 19.1. The van der Waals surface area contributed by atoms with Crippen molar-refractivity contribution in [1.29, 1.82) is 0 Å². The summed E-state index contributed by atoms with van der Waals surface area (Å²) >= 11 is 0. The highest BCUT2D eigenvalue weighted by molar-refractivity contribution is 5.66. The molecule has 2 heterocycles. The number of alkyl halides is 3. The van der Waals surface area contributed by atoms with Gasteiger partial charge in [-0.1, -0.05) is 0 Å². The number of carbonyl (C=O) groups excluding carboxylic acids is 1. The van der Waals surface area contributed by atoms with E-state index in [1.807, 2.05) is 6.92 Å². The summed E-state index contributed by atoms with van der Waals surface area (Å²) in [6.45, 7) is 3.29. The molecule has 1 aromatic carbocycles. The number of carbonyl (C=O) groups is 1. The van der Waals surface area contributed by atoms with Crippen molar-refractivity contribution in [2.75, 3.05) is 37.4 Å². The van der Waals surface area contributed by atoms with E-state index in [-0.39, 0.29) is 23.9 Å². The van der Waals surface area contributed by atoms with Crippen molar-refractivity contribution in [1.82, 2.24) is 14.9 Å². The molecule has 2 aliphatic rings. The van der Waals surface area contributed by atoms with Crippen LogP contribution in [0.5, 0.6) is 5.75 Å². The molecule has 1 saturated heterocycles. The number of benzene rings is 1. The van der Waals surface area contributed by atoms with Gasteiger partial charge in [0.25, 0.3) is 0 Å². The molecule has 1 aliphatic heterocycles. The summed E-state index contributed by atoms with van der Waals surface area (Å²) in [7, 11) is 1.50. The molecular formula is C22H26F3N5O3. The van der Waals surface area contributed by atoms with E-state index in [4.69, 9.17) is 9.47 Å². The molecule has 1 aromatic heterocycles. The monoisotopic (exact) mass is 465 g/mol. The molecule has 1 aliphatic carbocycles. The van der Waals surface area contributed by atoms with E-state index in [1.165, 1.54) is 7.11 Å². The number of halogens is 3. The maximum absolute atomic E-state index is 13.4. The molecule has 1 unspecified atom stereocenters. The van der Waals surface area contributed by atoms with Gasteiger partial charge < -0.3 is 25.0 Å². The number of morpholine rings is 1. The first-order valence-corrected chi connectivity index (χ1v) is 10.8. The lowest BCUT2D eigenvalue weighted by Gasteiger charge is -2.31. The average molecular weight is 465 g/mol. The van der Waals surface area contributed by atoms with E-state index >= 15 is 0 Å². The third-order valence-corrected chi connectivity index (χ3v) is 5.97. The second-order valence-corrected chi connectivity index (χ2v) is 8.22. The standard InChI is InChI=1S/C22H26F3N5O3/c1-13-8-17(18(32-2)9-15(13)19-11-30(12-31)6-7-33-19)28-21-26-10-16(22(23,24)25)20(29-21)27-14-4-3-5-14/h8-10,12,14,19H,3-7,11H2,1-2H3,(H2,26,27,28,29). The van der Waals surface area contributed by atoms with E-state index in [0.29, 0.717) is 31.1 Å². The lowest BCUT2D eigenvalue weighted by molar-refractivity contribution is -0.137. The fourth-order valence-electron chi connectivity index (χ4n) is 3.90. The predicted octanol–water partition coefficient (Wildman–Crippen LogP) is 4.05. The van der Waals surface area contributed by atoms with Crippen LogP contribution in [0, 0.1) is 6.92 Å². The van der Waals surface area contributed by atoms with E-state index in [0.717, 1.165) is 43.0 Å². The van der Waals surface area contributed by atoms with Crippen LogP contribution >= 0.6 is 0 Å². The molecule has 0 radical (unpaired) electrons. The molecule has 11 heteroatoms. The van der Waals surface area contributed by atoms with E-state index in [2.05, 4.69) is 20.6 Å². The molecule has 1 amide bonds. The number of aromatic nitrogens is 2. The number of nitrogens with one attached hydrogen (secondary N) is 2. The average Bonchev–Trinajstić information content (AvgIpc) is 2.76. The second kappa shape index (κ2) is 9.42. The first-order valence-electron chi connectivity index (χ1n) is 10.8. The Bertz CT molecular complexity index is 1010. The minimum Gasteiger partial charge on any atom is -0.495 e. The maximum Gasteiger partial charge on any atom is 0.421 e. The van der Waals surface area contributed by atoms with Gasteiger partial charge in [-0.15, -0.1) is 0 Å². The number of anilines is 3. The number of amides is 1. The second-order valence-electron chi connectivity index (χ2n) is 8.22. The number of nitrogens with zero attached hydrogens (tertiary/aromatic N) is 3. The van der Waals surface area contributed by atoms with Crippen LogP contribution in [0.3, 0.4) is 0 Å². The van der Waals surface area contributed by atoms with Crippen molar-refractivity contribution < 1.29 is 27.4 Å². The Labute approximate surface area is 189 Å². The fourth-order valence-corrected chi connectivity index (χ4v) is 3.90. The van der Waals surface area contributed by atoms with Gasteiger partial charge in [-0.25, -0.2) is 4.98 Å². The summed E-state index contributed by atoms with van der Waals surface area (Å²) in [6, 6.07) is 3.58. The van der Waals surface area contributed by atoms with Crippen LogP contribution in [0.1, 0.15) is 42.1 Å². The molecule has 1 atom stereocenters. The summed E-state index contributed by atoms with van der Waals surface area (Å²) in [5.41, 5.74) is 1.35. The third-order valence-electron chi connectivity index (χ3n) is 5.97. The highest BCUT2D eigenvalue weighted by Gasteiger charge is 2.36. The molecule has 4 rings (SSSR count). The Kier molecular flexibility index (Phi) is 6.59. The summed E-state index contributed by atoms with van der Waals surface area (Å²) in [4.78, 5) is 20.8. The van der Waals surface area contributed by atoms with Gasteiger partial charge >= 0.3 is 6.18 Å². The first kappa shape index (κ1) is 23.1. The van der Waals surface area contributed by atoms with Crippen LogP contribution in [0.2, 0.25) is 0 Å². The minimum absolute atomic E-state index is 0.0219. The van der Waals surface area contributed by atoms with Crippen molar-refractivity contribution in [3.05, 3.63) is 35.0 Å². The van der Waals surface area contributed by atoms with Gasteiger partial charge in [-0.3, -0.25) is 4.79 Å². The topological polar surface area (TPSA) is 88.6 Å². The Balaban J connectivity index is 1.61. The quantitative estimate of drug-likeness (QED) is 0.597. The lowest BCUT2D eigenvalue weighted by atomic mass is 9.93. The van der Waals surface area contributed by atoms with Crippen LogP contribution in [0.15, 0.2) is 18.3 Å². The number of methoxy groups -OCH3 is 1. The van der Waals surface area contributed by atoms with Gasteiger partial charge in [0.2, 0.25) is 12.4 Å². The van der Waals surface area contributed by atoms with Crippen molar-refractivity contribution in [2.45, 2.75) is 44.5 Å². The van der Waals surface area contributed by atoms with Gasteiger partial charge in [-0.05, 0) is 49.4 Å². The SMILES string of the molecule is COc1cc(C2CN(C=O)CCO2)c(C)cc1Nc1ncc(C(F)(F)F)c(NC2CCC2)n1. The maximum atomic E-state index is 13.4.